The Hall–Kier alpha value is -1.72. The Morgan fingerprint density at radius 1 is 0.938 bits per heavy atom. The Bertz CT molecular complexity index is 1150. The van der Waals surface area contributed by atoms with Crippen LogP contribution in [-0.2, 0) is 39.7 Å². The van der Waals surface area contributed by atoms with Crippen molar-refractivity contribution in [1.82, 2.24) is 29.9 Å². The number of aromatic nitrogens is 6. The van der Waals surface area contributed by atoms with Crippen LogP contribution in [0.3, 0.4) is 0 Å². The first kappa shape index (κ1) is 26.5. The molecule has 0 atom stereocenters. The molecule has 4 rings (SSSR count). The number of hydrogen-bond acceptors (Lipinski definition) is 8. The van der Waals surface area contributed by atoms with Crippen molar-refractivity contribution >= 4 is 58.9 Å². The first-order valence-corrected chi connectivity index (χ1v) is 13.5. The van der Waals surface area contributed by atoms with Gasteiger partial charge in [0.2, 0.25) is 0 Å². The quantitative estimate of drug-likeness (QED) is 0.225. The topological polar surface area (TPSA) is 135 Å². The van der Waals surface area contributed by atoms with E-state index in [2.05, 4.69) is 71.8 Å². The van der Waals surface area contributed by atoms with Crippen molar-refractivity contribution < 1.29 is 21.8 Å². The Kier molecular flexibility index (Phi) is 10.9. The normalized spacial score (nSPS) is 9.78. The van der Waals surface area contributed by atoms with Gasteiger partial charge in [-0.3, -0.25) is 9.36 Å². The van der Waals surface area contributed by atoms with Crippen LogP contribution in [-0.4, -0.2) is 29.9 Å². The minimum atomic E-state index is 0.296. The molecule has 0 unspecified atom stereocenters. The van der Waals surface area contributed by atoms with Crippen molar-refractivity contribution in [3.63, 3.8) is 0 Å². The summed E-state index contributed by atoms with van der Waals surface area (Å²) in [6.07, 6.45) is 5.00. The number of nitrogens with zero attached hydrogens (tertiary/aromatic N) is 8. The van der Waals surface area contributed by atoms with Crippen LogP contribution in [0.15, 0.2) is 38.2 Å². The Morgan fingerprint density at radius 2 is 1.41 bits per heavy atom. The van der Waals surface area contributed by atoms with E-state index in [1.165, 1.54) is 0 Å². The van der Waals surface area contributed by atoms with Crippen LogP contribution < -0.4 is 0 Å². The Balaban J connectivity index is 0.000000211. The summed E-state index contributed by atoms with van der Waals surface area (Å²) in [5.74, 6) is 1.33. The van der Waals surface area contributed by atoms with Crippen LogP contribution in [0.4, 0.5) is 0 Å². The predicted octanol–water partition coefficient (Wildman–Crippen LogP) is 3.99. The summed E-state index contributed by atoms with van der Waals surface area (Å²) >= 11 is 11.4. The van der Waals surface area contributed by atoms with Crippen LogP contribution in [0.1, 0.15) is 34.0 Å². The molecule has 0 N–H and O–H groups in total. The molecule has 0 saturated heterocycles. The number of aryl methyl sites for hydroxylation is 2. The van der Waals surface area contributed by atoms with Gasteiger partial charge >= 0.3 is 33.1 Å². The molecule has 170 valence electrons. The maximum absolute atomic E-state index is 8.59. The molecular weight excluding hydrogens is 758 g/mol. The van der Waals surface area contributed by atoms with E-state index >= 15 is 0 Å². The molecule has 10 nitrogen and oxygen atoms in total. The molecule has 0 aliphatic rings. The van der Waals surface area contributed by atoms with Gasteiger partial charge in [0.1, 0.15) is 32.0 Å². The molecule has 4 aromatic rings. The molecule has 0 aliphatic carbocycles. The van der Waals surface area contributed by atoms with Crippen molar-refractivity contribution in [2.24, 2.45) is 14.1 Å². The van der Waals surface area contributed by atoms with Crippen molar-refractivity contribution in [2.75, 3.05) is 0 Å². The standard InChI is InChI=1S/C9H7BrN4O.C9H7IN4O.Cu.HI/c2*1-14-5-6(9(10)12-14)2-8-3-7(4-11)13-15-8;;/h2*3,5H,2H2,1H3;;1H/q;;+1;/p-1. The zero-order valence-corrected chi connectivity index (χ0v) is 23.4. The summed E-state index contributed by atoms with van der Waals surface area (Å²) in [6, 6.07) is 7.11. The van der Waals surface area contributed by atoms with Crippen LogP contribution in [0, 0.1) is 26.4 Å². The molecule has 0 aromatic carbocycles. The van der Waals surface area contributed by atoms with Crippen molar-refractivity contribution in [1.29, 1.82) is 10.5 Å². The average Bonchev–Trinajstić information content (AvgIpc) is 3.55. The first-order valence-electron chi connectivity index (χ1n) is 8.56. The third-order valence-corrected chi connectivity index (χ3v) is 5.36. The van der Waals surface area contributed by atoms with Crippen LogP contribution in [0.5, 0.6) is 0 Å². The number of rotatable bonds is 4. The molecule has 0 radical (unpaired) electrons. The number of halogens is 3. The van der Waals surface area contributed by atoms with Crippen molar-refractivity contribution in [3.05, 3.63) is 66.9 Å². The molecule has 0 aliphatic heterocycles. The van der Waals surface area contributed by atoms with Crippen molar-refractivity contribution in [2.45, 2.75) is 12.8 Å². The summed E-state index contributed by atoms with van der Waals surface area (Å²) in [7, 11) is 3.71. The van der Waals surface area contributed by atoms with Crippen molar-refractivity contribution in [3.8, 4) is 12.1 Å². The van der Waals surface area contributed by atoms with Crippen LogP contribution in [0.2, 0.25) is 0 Å². The van der Waals surface area contributed by atoms with Gasteiger partial charge in [0, 0.05) is 62.6 Å². The Labute approximate surface area is 225 Å². The monoisotopic (exact) mass is 770 g/mol. The Morgan fingerprint density at radius 3 is 1.78 bits per heavy atom. The van der Waals surface area contributed by atoms with Gasteiger partial charge in [-0.2, -0.15) is 20.7 Å². The fourth-order valence-corrected chi connectivity index (χ4v) is 3.69. The molecule has 32 heavy (non-hydrogen) atoms. The summed E-state index contributed by atoms with van der Waals surface area (Å²) < 4.78 is 15.2. The second-order valence-corrected chi connectivity index (χ2v) is 7.94. The van der Waals surface area contributed by atoms with E-state index in [0.717, 1.165) is 19.4 Å². The third kappa shape index (κ3) is 7.70. The van der Waals surface area contributed by atoms with Gasteiger partial charge in [-0.05, 0) is 38.5 Å². The predicted molar refractivity (Wildman–Crippen MR) is 129 cm³/mol. The van der Waals surface area contributed by atoms with E-state index in [1.54, 1.807) is 41.8 Å². The summed E-state index contributed by atoms with van der Waals surface area (Å²) in [5.41, 5.74) is 2.67. The van der Waals surface area contributed by atoms with Gasteiger partial charge in [0.15, 0.2) is 11.4 Å². The molecule has 0 bridgehead atoms. The fraction of sp³-hybridized carbons (Fsp3) is 0.222. The average molecular weight is 772 g/mol. The van der Waals surface area contributed by atoms with E-state index in [4.69, 9.17) is 19.6 Å². The van der Waals surface area contributed by atoms with E-state index in [9.17, 15) is 0 Å². The van der Waals surface area contributed by atoms with E-state index in [-0.39, 0.29) is 0 Å². The summed E-state index contributed by atoms with van der Waals surface area (Å²) in [6.45, 7) is 0. The van der Waals surface area contributed by atoms with Gasteiger partial charge in [-0.1, -0.05) is 10.3 Å². The van der Waals surface area contributed by atoms with E-state index in [1.807, 2.05) is 38.6 Å². The first-order chi connectivity index (χ1) is 15.4. The molecule has 0 amide bonds. The zero-order chi connectivity index (χ0) is 23.7. The summed E-state index contributed by atoms with van der Waals surface area (Å²) in [5, 5.41) is 32.7. The minimum absolute atomic E-state index is 0.296. The van der Waals surface area contributed by atoms with Gasteiger partial charge < -0.3 is 9.05 Å². The fourth-order valence-electron chi connectivity index (χ4n) is 2.53. The zero-order valence-electron chi connectivity index (χ0n) is 16.6. The van der Waals surface area contributed by atoms with Gasteiger partial charge in [0.05, 0.1) is 0 Å². The van der Waals surface area contributed by atoms with Crippen LogP contribution in [0.25, 0.3) is 0 Å². The third-order valence-electron chi connectivity index (χ3n) is 3.78. The molecule has 4 aromatic heterocycles. The second-order valence-electron chi connectivity index (χ2n) is 6.17. The van der Waals surface area contributed by atoms with E-state index < -0.39 is 0 Å². The van der Waals surface area contributed by atoms with Gasteiger partial charge in [0.25, 0.3) is 0 Å². The number of nitriles is 2. The van der Waals surface area contributed by atoms with Crippen LogP contribution >= 0.6 is 58.9 Å². The maximum atomic E-state index is 8.59. The van der Waals surface area contributed by atoms with E-state index in [0.29, 0.717) is 35.7 Å². The second kappa shape index (κ2) is 13.1. The molecule has 0 spiro atoms. The molecule has 4 heterocycles. The molecule has 0 saturated carbocycles. The number of hydrogen-bond donors (Lipinski definition) is 0. The molecular formula is C18H14BrCuI2N8O2. The molecule has 14 heteroatoms. The van der Waals surface area contributed by atoms with Gasteiger partial charge in [-0.15, -0.1) is 0 Å². The summed E-state index contributed by atoms with van der Waals surface area (Å²) in [4.78, 5) is 0. The molecule has 0 fully saturated rings. The SMILES string of the molecule is Cn1cc(Cc2cc(C#N)no2)c(Br)n1.Cn1cc(Cc2cc(C#N)no2)c(I)n1.[Cu][I]. The van der Waals surface area contributed by atoms with Gasteiger partial charge in [-0.25, -0.2) is 0 Å².